The van der Waals surface area contributed by atoms with Crippen molar-refractivity contribution in [1.82, 2.24) is 4.90 Å². The maximum atomic E-state index is 12.8. The summed E-state index contributed by atoms with van der Waals surface area (Å²) in [5, 5.41) is 20.4. The Bertz CT molecular complexity index is 873. The summed E-state index contributed by atoms with van der Waals surface area (Å²) in [4.78, 5) is 28.1. The number of aliphatic hydroxyl groups is 1. The number of likely N-dealkylation sites (tertiary alicyclic amines) is 1. The van der Waals surface area contributed by atoms with E-state index >= 15 is 0 Å². The van der Waals surface area contributed by atoms with Gasteiger partial charge in [0.05, 0.1) is 38.8 Å². The molecular weight excluding hydrogens is 344 g/mol. The zero-order valence-electron chi connectivity index (χ0n) is 15.3. The fourth-order valence-corrected chi connectivity index (χ4v) is 3.21. The number of Topliss-reactive ketones (excluding diaryl/α,β-unsaturated/α-hetero) is 1. The van der Waals surface area contributed by atoms with E-state index in [0.717, 1.165) is 4.90 Å². The molecule has 0 spiro atoms. The molecule has 27 heavy (non-hydrogen) atoms. The van der Waals surface area contributed by atoms with Gasteiger partial charge in [-0.3, -0.25) is 9.59 Å². The summed E-state index contributed by atoms with van der Waals surface area (Å²) in [7, 11) is 3.94. The fourth-order valence-electron chi connectivity index (χ4n) is 3.21. The number of nitrogens with zero attached hydrogens (tertiary/aromatic N) is 1. The van der Waals surface area contributed by atoms with E-state index in [1.807, 2.05) is 20.2 Å². The molecular formula is C21H23N2O4+. The molecule has 0 radical (unpaired) electrons. The standard InChI is InChI=1S/C21H22N2O4/c1-22(2)12-13-23-18(14-8-10-16(24)11-9-14)17(20(26)21(23)27)19(25)15-6-4-3-5-7-15/h3-11,18,24-25H,12-13H2,1-2H3/p+1/t18-/m0/s1. The molecule has 0 aliphatic carbocycles. The van der Waals surface area contributed by atoms with Gasteiger partial charge in [-0.15, -0.1) is 0 Å². The second-order valence-electron chi connectivity index (χ2n) is 6.91. The monoisotopic (exact) mass is 367 g/mol. The third-order valence-electron chi connectivity index (χ3n) is 4.65. The molecule has 1 atom stereocenters. The molecule has 0 aromatic heterocycles. The largest absolute Gasteiger partial charge is 0.508 e. The van der Waals surface area contributed by atoms with Crippen LogP contribution in [0.4, 0.5) is 0 Å². The Morgan fingerprint density at radius 3 is 2.26 bits per heavy atom. The van der Waals surface area contributed by atoms with Gasteiger partial charge in [0.25, 0.3) is 11.7 Å². The second kappa shape index (κ2) is 7.63. The number of ketones is 1. The molecule has 0 bridgehead atoms. The van der Waals surface area contributed by atoms with Crippen LogP contribution in [0.25, 0.3) is 5.76 Å². The Kier molecular flexibility index (Phi) is 5.28. The van der Waals surface area contributed by atoms with Crippen molar-refractivity contribution in [3.8, 4) is 5.75 Å². The highest BCUT2D eigenvalue weighted by Crippen LogP contribution is 2.39. The van der Waals surface area contributed by atoms with Crippen molar-refractivity contribution in [1.29, 1.82) is 0 Å². The van der Waals surface area contributed by atoms with Gasteiger partial charge in [-0.1, -0.05) is 42.5 Å². The minimum absolute atomic E-state index is 0.0747. The number of rotatable bonds is 5. The smallest absolute Gasteiger partial charge is 0.295 e. The first-order valence-corrected chi connectivity index (χ1v) is 8.82. The Morgan fingerprint density at radius 2 is 1.67 bits per heavy atom. The van der Waals surface area contributed by atoms with Gasteiger partial charge in [-0.05, 0) is 17.7 Å². The van der Waals surface area contributed by atoms with E-state index in [0.29, 0.717) is 24.2 Å². The van der Waals surface area contributed by atoms with Crippen LogP contribution >= 0.6 is 0 Å². The maximum Gasteiger partial charge on any atom is 0.295 e. The number of hydrogen-bond acceptors (Lipinski definition) is 4. The van der Waals surface area contributed by atoms with Crippen molar-refractivity contribution in [3.63, 3.8) is 0 Å². The van der Waals surface area contributed by atoms with Crippen molar-refractivity contribution < 1.29 is 24.7 Å². The summed E-state index contributed by atoms with van der Waals surface area (Å²) in [5.41, 5.74) is 1.22. The third kappa shape index (κ3) is 3.71. The molecule has 2 aromatic carbocycles. The average molecular weight is 367 g/mol. The van der Waals surface area contributed by atoms with E-state index in [1.54, 1.807) is 36.4 Å². The number of benzene rings is 2. The molecule has 140 valence electrons. The molecule has 0 saturated carbocycles. The summed E-state index contributed by atoms with van der Waals surface area (Å²) in [6.07, 6.45) is 0. The molecule has 2 aromatic rings. The lowest BCUT2D eigenvalue weighted by Gasteiger charge is -2.25. The number of nitrogens with one attached hydrogen (secondary N) is 1. The molecule has 1 aliphatic rings. The second-order valence-corrected chi connectivity index (χ2v) is 6.91. The van der Waals surface area contributed by atoms with Crippen LogP contribution in [0, 0.1) is 0 Å². The molecule has 6 nitrogen and oxygen atoms in total. The van der Waals surface area contributed by atoms with Gasteiger partial charge in [0.15, 0.2) is 0 Å². The van der Waals surface area contributed by atoms with E-state index in [9.17, 15) is 19.8 Å². The van der Waals surface area contributed by atoms with Gasteiger partial charge in [0.2, 0.25) is 0 Å². The Hall–Kier alpha value is -3.12. The zero-order chi connectivity index (χ0) is 19.6. The number of likely N-dealkylation sites (N-methyl/N-ethyl adjacent to an activating group) is 1. The Balaban J connectivity index is 2.13. The van der Waals surface area contributed by atoms with Crippen LogP contribution in [0.3, 0.4) is 0 Å². The van der Waals surface area contributed by atoms with Crippen molar-refractivity contribution >= 4 is 17.4 Å². The molecule has 6 heteroatoms. The van der Waals surface area contributed by atoms with Crippen molar-refractivity contribution in [2.45, 2.75) is 6.04 Å². The highest BCUT2D eigenvalue weighted by molar-refractivity contribution is 6.46. The number of aliphatic hydroxyl groups excluding tert-OH is 1. The number of aromatic hydroxyl groups is 1. The summed E-state index contributed by atoms with van der Waals surface area (Å²) < 4.78 is 0. The quantitative estimate of drug-likeness (QED) is 0.418. The van der Waals surface area contributed by atoms with Crippen LogP contribution in [-0.4, -0.2) is 54.0 Å². The number of hydrogen-bond donors (Lipinski definition) is 3. The van der Waals surface area contributed by atoms with E-state index in [2.05, 4.69) is 0 Å². The van der Waals surface area contributed by atoms with Gasteiger partial charge >= 0.3 is 0 Å². The van der Waals surface area contributed by atoms with E-state index in [4.69, 9.17) is 0 Å². The fraction of sp³-hybridized carbons (Fsp3) is 0.238. The third-order valence-corrected chi connectivity index (χ3v) is 4.65. The number of amides is 1. The van der Waals surface area contributed by atoms with Crippen LogP contribution in [0.5, 0.6) is 5.75 Å². The topological polar surface area (TPSA) is 82.3 Å². The van der Waals surface area contributed by atoms with Crippen molar-refractivity contribution in [2.24, 2.45) is 0 Å². The summed E-state index contributed by atoms with van der Waals surface area (Å²) in [6, 6.07) is 14.4. The molecule has 1 heterocycles. The number of phenols is 1. The van der Waals surface area contributed by atoms with Crippen LogP contribution in [0.1, 0.15) is 17.2 Å². The predicted octanol–water partition coefficient (Wildman–Crippen LogP) is 0.958. The molecule has 0 unspecified atom stereocenters. The lowest BCUT2D eigenvalue weighted by molar-refractivity contribution is -0.857. The summed E-state index contributed by atoms with van der Waals surface area (Å²) in [6.45, 7) is 1.04. The molecule has 1 saturated heterocycles. The highest BCUT2D eigenvalue weighted by Gasteiger charge is 2.46. The van der Waals surface area contributed by atoms with Gasteiger partial charge in [-0.25, -0.2) is 0 Å². The van der Waals surface area contributed by atoms with Gasteiger partial charge < -0.3 is 20.0 Å². The van der Waals surface area contributed by atoms with Gasteiger partial charge in [0, 0.05) is 5.56 Å². The van der Waals surface area contributed by atoms with Crippen LogP contribution in [0.15, 0.2) is 60.2 Å². The number of quaternary nitrogens is 1. The van der Waals surface area contributed by atoms with E-state index < -0.39 is 17.7 Å². The van der Waals surface area contributed by atoms with Crippen molar-refractivity contribution in [3.05, 3.63) is 71.3 Å². The summed E-state index contributed by atoms with van der Waals surface area (Å²) >= 11 is 0. The first-order chi connectivity index (χ1) is 12.9. The molecule has 3 N–H and O–H groups in total. The first kappa shape index (κ1) is 18.7. The highest BCUT2D eigenvalue weighted by atomic mass is 16.3. The molecule has 1 amide bonds. The zero-order valence-corrected chi connectivity index (χ0v) is 15.3. The predicted molar refractivity (Wildman–Crippen MR) is 101 cm³/mol. The van der Waals surface area contributed by atoms with E-state index in [1.165, 1.54) is 17.0 Å². The lowest BCUT2D eigenvalue weighted by Crippen LogP contribution is -3.06. The van der Waals surface area contributed by atoms with Gasteiger partial charge in [-0.2, -0.15) is 0 Å². The van der Waals surface area contributed by atoms with Crippen molar-refractivity contribution in [2.75, 3.05) is 27.2 Å². The maximum absolute atomic E-state index is 12.8. The van der Waals surface area contributed by atoms with E-state index in [-0.39, 0.29) is 17.1 Å². The lowest BCUT2D eigenvalue weighted by atomic mass is 9.95. The number of carbonyl (C=O) groups is 2. The van der Waals surface area contributed by atoms with Crippen LogP contribution in [0.2, 0.25) is 0 Å². The number of carbonyl (C=O) groups excluding carboxylic acids is 2. The number of phenolic OH excluding ortho intramolecular Hbond substituents is 1. The Labute approximate surface area is 158 Å². The molecule has 3 rings (SSSR count). The average Bonchev–Trinajstić information content (AvgIpc) is 2.91. The Morgan fingerprint density at radius 1 is 1.04 bits per heavy atom. The normalized spacial score (nSPS) is 19.1. The first-order valence-electron chi connectivity index (χ1n) is 8.82. The van der Waals surface area contributed by atoms with Crippen LogP contribution < -0.4 is 4.90 Å². The SMILES string of the molecule is C[NH+](C)CCN1C(=O)C(=O)C(=C(O)c2ccccc2)[C@@H]1c1ccc(O)cc1. The van der Waals surface area contributed by atoms with Gasteiger partial charge in [0.1, 0.15) is 11.5 Å². The molecule has 1 aliphatic heterocycles. The minimum Gasteiger partial charge on any atom is -0.508 e. The van der Waals surface area contributed by atoms with Crippen LogP contribution in [-0.2, 0) is 9.59 Å². The molecule has 1 fully saturated rings. The minimum atomic E-state index is -0.691. The summed E-state index contributed by atoms with van der Waals surface area (Å²) in [5.74, 6) is -1.40.